The molecule has 0 bridgehead atoms. The number of fused-ring (bicyclic) bond motifs is 1. The highest BCUT2D eigenvalue weighted by molar-refractivity contribution is 6.35. The van der Waals surface area contributed by atoms with Gasteiger partial charge in [0.15, 0.2) is 0 Å². The third-order valence-corrected chi connectivity index (χ3v) is 6.39. The van der Waals surface area contributed by atoms with E-state index >= 15 is 0 Å². The summed E-state index contributed by atoms with van der Waals surface area (Å²) < 4.78 is 0. The van der Waals surface area contributed by atoms with E-state index in [1.54, 1.807) is 0 Å². The molecule has 0 saturated carbocycles. The summed E-state index contributed by atoms with van der Waals surface area (Å²) in [4.78, 5) is 30.5. The van der Waals surface area contributed by atoms with E-state index in [2.05, 4.69) is 30.0 Å². The number of hydrogen-bond acceptors (Lipinski definition) is 3. The van der Waals surface area contributed by atoms with Crippen LogP contribution in [0.3, 0.4) is 0 Å². The third-order valence-electron chi connectivity index (χ3n) is 6.39. The lowest BCUT2D eigenvalue weighted by atomic mass is 9.98. The standard InChI is InChI=1S/C27H32N2O2/c1-2-3-4-5-6-12-18-29-26(30)24(22-14-8-7-9-15-22)25(27(29)31)28-19-17-21-13-10-11-16-23(21)20-28/h7-11,13-16H,2-6,12,17-20H2,1H3. The van der Waals surface area contributed by atoms with Gasteiger partial charge < -0.3 is 4.90 Å². The number of carbonyl (C=O) groups excluding carboxylic acids is 2. The Morgan fingerprint density at radius 1 is 0.774 bits per heavy atom. The van der Waals surface area contributed by atoms with Crippen LogP contribution in [0.15, 0.2) is 60.3 Å². The van der Waals surface area contributed by atoms with Gasteiger partial charge in [-0.25, -0.2) is 0 Å². The molecule has 0 unspecified atom stereocenters. The van der Waals surface area contributed by atoms with Crippen LogP contribution in [0.4, 0.5) is 0 Å². The minimum absolute atomic E-state index is 0.128. The summed E-state index contributed by atoms with van der Waals surface area (Å²) in [6.07, 6.45) is 7.69. The number of imide groups is 1. The lowest BCUT2D eigenvalue weighted by Gasteiger charge is -2.31. The summed E-state index contributed by atoms with van der Waals surface area (Å²) in [5, 5.41) is 0. The average Bonchev–Trinajstić information content (AvgIpc) is 3.06. The molecule has 0 saturated heterocycles. The summed E-state index contributed by atoms with van der Waals surface area (Å²) in [6.45, 7) is 4.14. The van der Waals surface area contributed by atoms with Crippen molar-refractivity contribution in [3.63, 3.8) is 0 Å². The van der Waals surface area contributed by atoms with Gasteiger partial charge in [-0.15, -0.1) is 0 Å². The van der Waals surface area contributed by atoms with E-state index in [1.165, 1.54) is 41.7 Å². The molecule has 2 heterocycles. The molecule has 0 aromatic heterocycles. The van der Waals surface area contributed by atoms with Crippen LogP contribution in [0.2, 0.25) is 0 Å². The number of rotatable bonds is 9. The molecule has 2 amide bonds. The smallest absolute Gasteiger partial charge is 0.277 e. The van der Waals surface area contributed by atoms with Crippen molar-refractivity contribution in [2.75, 3.05) is 13.1 Å². The number of hydrogen-bond donors (Lipinski definition) is 0. The normalized spacial score (nSPS) is 16.3. The highest BCUT2D eigenvalue weighted by atomic mass is 16.2. The second-order valence-corrected chi connectivity index (χ2v) is 8.56. The Labute approximate surface area is 185 Å². The summed E-state index contributed by atoms with van der Waals surface area (Å²) in [5.74, 6) is -0.268. The van der Waals surface area contributed by atoms with Gasteiger partial charge >= 0.3 is 0 Å². The molecular formula is C27H32N2O2. The predicted octanol–water partition coefficient (Wildman–Crippen LogP) is 5.19. The Morgan fingerprint density at radius 3 is 2.23 bits per heavy atom. The number of benzene rings is 2. The van der Waals surface area contributed by atoms with Gasteiger partial charge in [0.05, 0.1) is 5.57 Å². The fourth-order valence-corrected chi connectivity index (χ4v) is 4.66. The van der Waals surface area contributed by atoms with E-state index in [9.17, 15) is 9.59 Å². The van der Waals surface area contributed by atoms with Crippen LogP contribution in [0.5, 0.6) is 0 Å². The maximum Gasteiger partial charge on any atom is 0.277 e. The number of carbonyl (C=O) groups is 2. The highest BCUT2D eigenvalue weighted by Crippen LogP contribution is 2.34. The molecule has 4 rings (SSSR count). The summed E-state index contributed by atoms with van der Waals surface area (Å²) in [5.41, 5.74) is 4.55. The molecule has 2 aliphatic heterocycles. The molecule has 0 spiro atoms. The zero-order valence-electron chi connectivity index (χ0n) is 18.5. The summed E-state index contributed by atoms with van der Waals surface area (Å²) in [6, 6.07) is 18.1. The molecule has 4 heteroatoms. The van der Waals surface area contributed by atoms with Crippen LogP contribution in [0.1, 0.15) is 62.1 Å². The summed E-state index contributed by atoms with van der Waals surface area (Å²) >= 11 is 0. The maximum atomic E-state index is 13.5. The second kappa shape index (κ2) is 9.95. The first-order chi connectivity index (χ1) is 15.2. The lowest BCUT2D eigenvalue weighted by Crippen LogP contribution is -2.37. The van der Waals surface area contributed by atoms with E-state index < -0.39 is 0 Å². The molecule has 2 aromatic carbocycles. The largest absolute Gasteiger partial charge is 0.362 e. The van der Waals surface area contributed by atoms with Crippen molar-refractivity contribution in [2.24, 2.45) is 0 Å². The van der Waals surface area contributed by atoms with E-state index in [0.29, 0.717) is 24.4 Å². The zero-order chi connectivity index (χ0) is 21.6. The lowest BCUT2D eigenvalue weighted by molar-refractivity contribution is -0.137. The van der Waals surface area contributed by atoms with Crippen LogP contribution >= 0.6 is 0 Å². The molecule has 2 aliphatic rings. The van der Waals surface area contributed by atoms with E-state index in [-0.39, 0.29) is 11.8 Å². The van der Waals surface area contributed by atoms with Crippen LogP contribution in [-0.2, 0) is 22.6 Å². The summed E-state index contributed by atoms with van der Waals surface area (Å²) in [7, 11) is 0. The van der Waals surface area contributed by atoms with Crippen molar-refractivity contribution in [2.45, 2.75) is 58.4 Å². The van der Waals surface area contributed by atoms with Crippen molar-refractivity contribution in [3.05, 3.63) is 77.0 Å². The van der Waals surface area contributed by atoms with Crippen molar-refractivity contribution < 1.29 is 9.59 Å². The van der Waals surface area contributed by atoms with Crippen molar-refractivity contribution >= 4 is 17.4 Å². The van der Waals surface area contributed by atoms with Crippen molar-refractivity contribution in [1.82, 2.24) is 9.80 Å². The molecule has 31 heavy (non-hydrogen) atoms. The fourth-order valence-electron chi connectivity index (χ4n) is 4.66. The SMILES string of the molecule is CCCCCCCCN1C(=O)C(c2ccccc2)=C(N2CCc3ccccc3C2)C1=O. The minimum Gasteiger partial charge on any atom is -0.362 e. The Hall–Kier alpha value is -2.88. The second-order valence-electron chi connectivity index (χ2n) is 8.56. The molecule has 0 atom stereocenters. The number of amides is 2. The number of nitrogens with zero attached hydrogens (tertiary/aromatic N) is 2. The number of unbranched alkanes of at least 4 members (excludes halogenated alkanes) is 5. The van der Waals surface area contributed by atoms with Gasteiger partial charge in [0.25, 0.3) is 11.8 Å². The van der Waals surface area contributed by atoms with E-state index in [4.69, 9.17) is 0 Å². The Morgan fingerprint density at radius 2 is 1.45 bits per heavy atom. The first kappa shape index (κ1) is 21.4. The molecule has 162 valence electrons. The minimum atomic E-state index is -0.140. The van der Waals surface area contributed by atoms with Gasteiger partial charge in [-0.3, -0.25) is 14.5 Å². The zero-order valence-corrected chi connectivity index (χ0v) is 18.5. The maximum absolute atomic E-state index is 13.5. The van der Waals surface area contributed by atoms with Gasteiger partial charge in [0.2, 0.25) is 0 Å². The molecule has 0 radical (unpaired) electrons. The Kier molecular flexibility index (Phi) is 6.86. The van der Waals surface area contributed by atoms with Gasteiger partial charge in [-0.05, 0) is 29.5 Å². The third kappa shape index (κ3) is 4.58. The highest BCUT2D eigenvalue weighted by Gasteiger charge is 2.41. The first-order valence-electron chi connectivity index (χ1n) is 11.7. The fraction of sp³-hybridized carbons (Fsp3) is 0.407. The molecule has 2 aromatic rings. The molecule has 0 fully saturated rings. The van der Waals surface area contributed by atoms with Crippen LogP contribution in [0, 0.1) is 0 Å². The van der Waals surface area contributed by atoms with Crippen molar-refractivity contribution in [1.29, 1.82) is 0 Å². The van der Waals surface area contributed by atoms with Crippen LogP contribution in [-0.4, -0.2) is 34.7 Å². The Balaban J connectivity index is 1.56. The van der Waals surface area contributed by atoms with Gasteiger partial charge in [-0.2, -0.15) is 0 Å². The van der Waals surface area contributed by atoms with Crippen molar-refractivity contribution in [3.8, 4) is 0 Å². The van der Waals surface area contributed by atoms with E-state index in [1.807, 2.05) is 36.4 Å². The first-order valence-corrected chi connectivity index (χ1v) is 11.7. The molecular weight excluding hydrogens is 384 g/mol. The molecule has 0 N–H and O–H groups in total. The Bertz CT molecular complexity index is 964. The quantitative estimate of drug-likeness (QED) is 0.417. The average molecular weight is 417 g/mol. The van der Waals surface area contributed by atoms with Gasteiger partial charge in [-0.1, -0.05) is 93.6 Å². The monoisotopic (exact) mass is 416 g/mol. The van der Waals surface area contributed by atoms with Gasteiger partial charge in [0, 0.05) is 19.6 Å². The van der Waals surface area contributed by atoms with Gasteiger partial charge in [0.1, 0.15) is 5.70 Å². The van der Waals surface area contributed by atoms with E-state index in [0.717, 1.165) is 31.4 Å². The molecule has 0 aliphatic carbocycles. The predicted molar refractivity (Wildman–Crippen MR) is 124 cm³/mol. The molecule has 4 nitrogen and oxygen atoms in total. The van der Waals surface area contributed by atoms with Crippen LogP contribution < -0.4 is 0 Å². The topological polar surface area (TPSA) is 40.6 Å². The van der Waals surface area contributed by atoms with Crippen LogP contribution in [0.25, 0.3) is 5.57 Å².